The van der Waals surface area contributed by atoms with E-state index in [2.05, 4.69) is 9.97 Å². The maximum absolute atomic E-state index is 6.91. The maximum atomic E-state index is 6.91. The van der Waals surface area contributed by atoms with Gasteiger partial charge in [0.2, 0.25) is 5.28 Å². The van der Waals surface area contributed by atoms with Gasteiger partial charge in [-0.1, -0.05) is 11.6 Å². The lowest BCUT2D eigenvalue weighted by atomic mass is 10.4. The molecule has 1 aromatic heterocycles. The molecule has 1 aromatic rings. The molecule has 0 aromatic carbocycles. The van der Waals surface area contributed by atoms with Crippen molar-refractivity contribution in [1.82, 2.24) is 9.97 Å². The Morgan fingerprint density at radius 1 is 1.67 bits per heavy atom. The second-order valence-corrected chi connectivity index (χ2v) is 2.64. The van der Waals surface area contributed by atoms with Crippen molar-refractivity contribution in [3.05, 3.63) is 22.2 Å². The molecule has 0 aliphatic heterocycles. The number of rotatable bonds is 3. The van der Waals surface area contributed by atoms with Crippen LogP contribution in [0.4, 0.5) is 0 Å². The van der Waals surface area contributed by atoms with E-state index >= 15 is 0 Å². The van der Waals surface area contributed by atoms with Crippen LogP contribution >= 0.6 is 23.2 Å². The Bertz CT molecular complexity index is 345. The SMILES string of the molecule is [2H]C([2H])([2H])COCc1cnc(Cl)nc1Cl. The molecule has 0 amide bonds. The predicted octanol–water partition coefficient (Wildman–Crippen LogP) is 2.32. The zero-order chi connectivity index (χ0) is 11.5. The fourth-order valence-corrected chi connectivity index (χ4v) is 0.984. The molecule has 0 unspecified atom stereocenters. The second-order valence-electron chi connectivity index (χ2n) is 1.95. The average molecular weight is 210 g/mol. The zero-order valence-electron chi connectivity index (χ0n) is 9.05. The summed E-state index contributed by atoms with van der Waals surface area (Å²) in [6.07, 6.45) is 1.40. The Hall–Kier alpha value is -0.380. The van der Waals surface area contributed by atoms with Crippen LogP contribution < -0.4 is 0 Å². The fraction of sp³-hybridized carbons (Fsp3) is 0.429. The molecule has 0 aliphatic rings. The van der Waals surface area contributed by atoms with Gasteiger partial charge < -0.3 is 4.74 Å². The monoisotopic (exact) mass is 209 g/mol. The molecule has 1 heterocycles. The van der Waals surface area contributed by atoms with Gasteiger partial charge in [0.1, 0.15) is 5.15 Å². The number of ether oxygens (including phenoxy) is 1. The van der Waals surface area contributed by atoms with E-state index in [0.29, 0.717) is 5.56 Å². The summed E-state index contributed by atoms with van der Waals surface area (Å²) in [6, 6.07) is 0. The van der Waals surface area contributed by atoms with Crippen LogP contribution in [-0.2, 0) is 11.3 Å². The van der Waals surface area contributed by atoms with E-state index in [1.807, 2.05) is 0 Å². The number of aromatic nitrogens is 2. The van der Waals surface area contributed by atoms with E-state index in [4.69, 9.17) is 32.1 Å². The van der Waals surface area contributed by atoms with Gasteiger partial charge in [0, 0.05) is 22.5 Å². The molecule has 0 aliphatic carbocycles. The van der Waals surface area contributed by atoms with Crippen molar-refractivity contribution in [2.45, 2.75) is 13.5 Å². The molecule has 0 atom stereocenters. The molecular formula is C7H8Cl2N2O. The number of halogens is 2. The van der Waals surface area contributed by atoms with Crippen LogP contribution in [0.1, 0.15) is 16.5 Å². The minimum atomic E-state index is -2.11. The highest BCUT2D eigenvalue weighted by atomic mass is 35.5. The molecule has 0 bridgehead atoms. The topological polar surface area (TPSA) is 35.0 Å². The Morgan fingerprint density at radius 3 is 3.17 bits per heavy atom. The normalized spacial score (nSPS) is 15.0. The largest absolute Gasteiger partial charge is 0.377 e. The van der Waals surface area contributed by atoms with E-state index in [0.717, 1.165) is 0 Å². The van der Waals surface area contributed by atoms with Crippen molar-refractivity contribution in [3.8, 4) is 0 Å². The van der Waals surface area contributed by atoms with Gasteiger partial charge in [0.05, 0.1) is 6.61 Å². The van der Waals surface area contributed by atoms with Crippen LogP contribution in [0.15, 0.2) is 6.20 Å². The van der Waals surface area contributed by atoms with E-state index < -0.39 is 6.85 Å². The minimum absolute atomic E-state index is 0.0413. The van der Waals surface area contributed by atoms with Gasteiger partial charge in [0.25, 0.3) is 0 Å². The highest BCUT2D eigenvalue weighted by Crippen LogP contribution is 2.14. The lowest BCUT2D eigenvalue weighted by Crippen LogP contribution is -1.96. The molecule has 12 heavy (non-hydrogen) atoms. The predicted molar refractivity (Wildman–Crippen MR) is 47.4 cm³/mol. The summed E-state index contributed by atoms with van der Waals surface area (Å²) < 4.78 is 25.7. The van der Waals surface area contributed by atoms with Gasteiger partial charge in [-0.15, -0.1) is 0 Å². The van der Waals surface area contributed by atoms with Crippen LogP contribution in [0.5, 0.6) is 0 Å². The van der Waals surface area contributed by atoms with Crippen LogP contribution in [0, 0.1) is 0 Å². The van der Waals surface area contributed by atoms with Crippen LogP contribution in [0.3, 0.4) is 0 Å². The van der Waals surface area contributed by atoms with Gasteiger partial charge in [0.15, 0.2) is 0 Å². The minimum Gasteiger partial charge on any atom is -0.377 e. The first-order valence-corrected chi connectivity index (χ1v) is 3.89. The molecule has 0 spiro atoms. The summed E-state index contributed by atoms with van der Waals surface area (Å²) in [5.41, 5.74) is 0.505. The molecule has 5 heteroatoms. The summed E-state index contributed by atoms with van der Waals surface area (Å²) in [7, 11) is 0. The smallest absolute Gasteiger partial charge is 0.223 e. The van der Waals surface area contributed by atoms with E-state index in [9.17, 15) is 0 Å². The Labute approximate surface area is 84.9 Å². The van der Waals surface area contributed by atoms with Gasteiger partial charge in [-0.25, -0.2) is 9.97 Å². The van der Waals surface area contributed by atoms with Crippen LogP contribution in [-0.4, -0.2) is 16.6 Å². The van der Waals surface area contributed by atoms with Gasteiger partial charge in [-0.3, -0.25) is 0 Å². The van der Waals surface area contributed by atoms with Crippen LogP contribution in [0.25, 0.3) is 0 Å². The highest BCUT2D eigenvalue weighted by molar-refractivity contribution is 6.32. The Kier molecular flexibility index (Phi) is 2.35. The lowest BCUT2D eigenvalue weighted by molar-refractivity contribution is 0.133. The quantitative estimate of drug-likeness (QED) is 0.567. The molecule has 0 saturated heterocycles. The first-order chi connectivity index (χ1) is 6.88. The third-order valence-electron chi connectivity index (χ3n) is 1.14. The van der Waals surface area contributed by atoms with E-state index in [1.165, 1.54) is 6.20 Å². The number of hydrogen-bond acceptors (Lipinski definition) is 3. The molecular weight excluding hydrogens is 199 g/mol. The second kappa shape index (κ2) is 4.60. The summed E-state index contributed by atoms with van der Waals surface area (Å²) in [4.78, 5) is 7.39. The lowest BCUT2D eigenvalue weighted by Gasteiger charge is -2.02. The number of nitrogens with zero attached hydrogens (tertiary/aromatic N) is 2. The maximum Gasteiger partial charge on any atom is 0.223 e. The van der Waals surface area contributed by atoms with Crippen molar-refractivity contribution in [2.75, 3.05) is 6.61 Å². The molecule has 0 saturated carbocycles. The van der Waals surface area contributed by atoms with Gasteiger partial charge in [-0.2, -0.15) is 0 Å². The van der Waals surface area contributed by atoms with Gasteiger partial charge >= 0.3 is 0 Å². The zero-order valence-corrected chi connectivity index (χ0v) is 7.56. The summed E-state index contributed by atoms with van der Waals surface area (Å²) >= 11 is 11.2. The van der Waals surface area contributed by atoms with Crippen molar-refractivity contribution in [3.63, 3.8) is 0 Å². The van der Waals surface area contributed by atoms with Crippen molar-refractivity contribution < 1.29 is 8.85 Å². The summed E-state index contributed by atoms with van der Waals surface area (Å²) in [6.45, 7) is -2.40. The standard InChI is InChI=1S/C7H8Cl2N2O/c1-2-12-4-5-3-10-7(9)11-6(5)8/h3H,2,4H2,1H3/i1D3. The molecule has 1 rings (SSSR count). The van der Waals surface area contributed by atoms with Gasteiger partial charge in [-0.05, 0) is 18.5 Å². The molecule has 0 radical (unpaired) electrons. The summed E-state index contributed by atoms with van der Waals surface area (Å²) in [5, 5.41) is 0.208. The first-order valence-electron chi connectivity index (χ1n) is 4.63. The summed E-state index contributed by atoms with van der Waals surface area (Å²) in [5.74, 6) is 0. The Morgan fingerprint density at radius 2 is 2.50 bits per heavy atom. The van der Waals surface area contributed by atoms with Crippen molar-refractivity contribution >= 4 is 23.2 Å². The molecule has 3 nitrogen and oxygen atoms in total. The highest BCUT2D eigenvalue weighted by Gasteiger charge is 2.02. The van der Waals surface area contributed by atoms with Crippen molar-refractivity contribution in [1.29, 1.82) is 0 Å². The molecule has 66 valence electrons. The number of hydrogen-bond donors (Lipinski definition) is 0. The first kappa shape index (κ1) is 6.13. The Balaban J connectivity index is 2.51. The van der Waals surface area contributed by atoms with Crippen molar-refractivity contribution in [2.24, 2.45) is 0 Å². The fourth-order valence-electron chi connectivity index (χ4n) is 0.624. The third kappa shape index (κ3) is 2.59. The third-order valence-corrected chi connectivity index (χ3v) is 1.65. The molecule has 0 N–H and O–H groups in total. The van der Waals surface area contributed by atoms with E-state index in [1.54, 1.807) is 0 Å². The average Bonchev–Trinajstić information content (AvgIpc) is 2.07. The molecule has 0 fully saturated rings. The van der Waals surface area contributed by atoms with E-state index in [-0.39, 0.29) is 23.7 Å². The van der Waals surface area contributed by atoms with Crippen LogP contribution in [0.2, 0.25) is 10.4 Å².